The zero-order chi connectivity index (χ0) is 13.8. The number of rotatable bonds is 9. The van der Waals surface area contributed by atoms with Gasteiger partial charge in [-0.3, -0.25) is 0 Å². The summed E-state index contributed by atoms with van der Waals surface area (Å²) in [6.45, 7) is 11.0. The van der Waals surface area contributed by atoms with Crippen molar-refractivity contribution in [3.8, 4) is 0 Å². The molecule has 0 aromatic heterocycles. The third-order valence-corrected chi connectivity index (χ3v) is 4.59. The summed E-state index contributed by atoms with van der Waals surface area (Å²) in [7, 11) is 4.06. The summed E-state index contributed by atoms with van der Waals surface area (Å²) in [5.41, 5.74) is -0.0976. The number of ether oxygens (including phenoxy) is 1. The average molecular weight is 256 g/mol. The van der Waals surface area contributed by atoms with Gasteiger partial charge in [0.1, 0.15) is 0 Å². The van der Waals surface area contributed by atoms with Crippen LogP contribution in [0.1, 0.15) is 47.0 Å². The molecule has 1 rings (SSSR count). The average Bonchev–Trinajstić information content (AvgIpc) is 3.17. The first kappa shape index (κ1) is 15.9. The van der Waals surface area contributed by atoms with Crippen LogP contribution in [0.2, 0.25) is 0 Å². The molecule has 3 nitrogen and oxygen atoms in total. The monoisotopic (exact) mass is 256 g/mol. The van der Waals surface area contributed by atoms with E-state index < -0.39 is 0 Å². The molecule has 0 bridgehead atoms. The molecule has 1 N–H and O–H groups in total. The molecule has 1 saturated carbocycles. The molecule has 1 aliphatic carbocycles. The number of methoxy groups -OCH3 is 1. The van der Waals surface area contributed by atoms with Crippen LogP contribution < -0.4 is 5.32 Å². The molecule has 0 aromatic rings. The Kier molecular flexibility index (Phi) is 6.09. The minimum atomic E-state index is -0.0976. The fourth-order valence-corrected chi connectivity index (χ4v) is 2.56. The number of hydrogen-bond acceptors (Lipinski definition) is 3. The van der Waals surface area contributed by atoms with Gasteiger partial charge < -0.3 is 15.0 Å². The first-order chi connectivity index (χ1) is 8.42. The van der Waals surface area contributed by atoms with E-state index in [-0.39, 0.29) is 5.60 Å². The molecule has 0 spiro atoms. The lowest BCUT2D eigenvalue weighted by Gasteiger charge is -2.35. The second-order valence-corrected chi connectivity index (χ2v) is 6.27. The number of likely N-dealkylation sites (N-methyl/N-ethyl adjacent to an activating group) is 1. The van der Waals surface area contributed by atoms with Gasteiger partial charge in [0.25, 0.3) is 0 Å². The Hall–Kier alpha value is -0.120. The minimum absolute atomic E-state index is 0.0976. The summed E-state index contributed by atoms with van der Waals surface area (Å²) in [6, 6.07) is 1.15. The molecule has 2 atom stereocenters. The van der Waals surface area contributed by atoms with Gasteiger partial charge >= 0.3 is 0 Å². The molecule has 108 valence electrons. The maximum absolute atomic E-state index is 5.62. The van der Waals surface area contributed by atoms with E-state index in [4.69, 9.17) is 4.74 Å². The molecule has 0 saturated heterocycles. The molecular formula is C15H32N2O. The molecule has 0 heterocycles. The van der Waals surface area contributed by atoms with Crippen LogP contribution >= 0.6 is 0 Å². The molecule has 3 heteroatoms. The summed E-state index contributed by atoms with van der Waals surface area (Å²) in [4.78, 5) is 2.51. The van der Waals surface area contributed by atoms with Crippen LogP contribution in [0.25, 0.3) is 0 Å². The van der Waals surface area contributed by atoms with Crippen LogP contribution in [0.3, 0.4) is 0 Å². The van der Waals surface area contributed by atoms with Crippen molar-refractivity contribution < 1.29 is 4.74 Å². The van der Waals surface area contributed by atoms with Crippen molar-refractivity contribution in [2.45, 2.75) is 64.6 Å². The van der Waals surface area contributed by atoms with Crippen molar-refractivity contribution in [1.29, 1.82) is 0 Å². The molecule has 18 heavy (non-hydrogen) atoms. The zero-order valence-electron chi connectivity index (χ0n) is 13.1. The highest BCUT2D eigenvalue weighted by atomic mass is 16.5. The molecule has 0 aromatic carbocycles. The van der Waals surface area contributed by atoms with Gasteiger partial charge in [0.05, 0.1) is 5.60 Å². The van der Waals surface area contributed by atoms with Crippen LogP contribution in [0.4, 0.5) is 0 Å². The fraction of sp³-hybridized carbons (Fsp3) is 1.00. The van der Waals surface area contributed by atoms with Crippen molar-refractivity contribution >= 4 is 0 Å². The van der Waals surface area contributed by atoms with Gasteiger partial charge in [-0.15, -0.1) is 0 Å². The largest absolute Gasteiger partial charge is 0.377 e. The lowest BCUT2D eigenvalue weighted by molar-refractivity contribution is -0.0148. The van der Waals surface area contributed by atoms with Gasteiger partial charge in [-0.2, -0.15) is 0 Å². The number of nitrogens with zero attached hydrogens (tertiary/aromatic N) is 1. The maximum atomic E-state index is 5.62. The number of hydrogen-bond donors (Lipinski definition) is 1. The van der Waals surface area contributed by atoms with Gasteiger partial charge in [0.2, 0.25) is 0 Å². The summed E-state index contributed by atoms with van der Waals surface area (Å²) < 4.78 is 5.62. The predicted octanol–water partition coefficient (Wildman–Crippen LogP) is 2.51. The van der Waals surface area contributed by atoms with Crippen molar-refractivity contribution in [2.24, 2.45) is 5.92 Å². The van der Waals surface area contributed by atoms with E-state index in [1.54, 1.807) is 7.11 Å². The summed E-state index contributed by atoms with van der Waals surface area (Å²) >= 11 is 0. The second kappa shape index (κ2) is 6.88. The van der Waals surface area contributed by atoms with Crippen LogP contribution in [-0.4, -0.2) is 49.8 Å². The Balaban J connectivity index is 2.40. The van der Waals surface area contributed by atoms with Crippen LogP contribution in [0, 0.1) is 5.92 Å². The van der Waals surface area contributed by atoms with Crippen molar-refractivity contribution in [3.63, 3.8) is 0 Å². The normalized spacial score (nSPS) is 20.2. The lowest BCUT2D eigenvalue weighted by Crippen LogP contribution is -2.50. The van der Waals surface area contributed by atoms with Gasteiger partial charge in [0, 0.05) is 19.2 Å². The van der Waals surface area contributed by atoms with Crippen LogP contribution in [0.5, 0.6) is 0 Å². The highest BCUT2D eigenvalue weighted by Crippen LogP contribution is 2.34. The van der Waals surface area contributed by atoms with Crippen molar-refractivity contribution in [3.05, 3.63) is 0 Å². The molecule has 0 amide bonds. The van der Waals surface area contributed by atoms with Crippen molar-refractivity contribution in [2.75, 3.05) is 27.2 Å². The van der Waals surface area contributed by atoms with Crippen molar-refractivity contribution in [1.82, 2.24) is 10.2 Å². The topological polar surface area (TPSA) is 24.5 Å². The Morgan fingerprint density at radius 1 is 1.39 bits per heavy atom. The van der Waals surface area contributed by atoms with E-state index >= 15 is 0 Å². The van der Waals surface area contributed by atoms with E-state index in [9.17, 15) is 0 Å². The quantitative estimate of drug-likeness (QED) is 0.686. The van der Waals surface area contributed by atoms with Crippen LogP contribution in [-0.2, 0) is 4.74 Å². The predicted molar refractivity (Wildman–Crippen MR) is 78.0 cm³/mol. The first-order valence-corrected chi connectivity index (χ1v) is 7.41. The lowest BCUT2D eigenvalue weighted by atomic mass is 9.95. The third-order valence-electron chi connectivity index (χ3n) is 4.59. The van der Waals surface area contributed by atoms with Gasteiger partial charge in [-0.25, -0.2) is 0 Å². The smallest absolute Gasteiger partial charge is 0.0775 e. The minimum Gasteiger partial charge on any atom is -0.377 e. The second-order valence-electron chi connectivity index (χ2n) is 6.27. The Labute approximate surface area is 113 Å². The molecular weight excluding hydrogens is 224 g/mol. The summed E-state index contributed by atoms with van der Waals surface area (Å²) in [5.74, 6) is 0.947. The van der Waals surface area contributed by atoms with E-state index in [0.29, 0.717) is 6.04 Å². The molecule has 1 aliphatic rings. The SMILES string of the molecule is CCNC(CCN(C)C(C)C1CC1)C(C)(C)OC. The van der Waals surface area contributed by atoms with E-state index in [0.717, 1.165) is 31.5 Å². The Bertz CT molecular complexity index is 239. The maximum Gasteiger partial charge on any atom is 0.0775 e. The number of nitrogens with one attached hydrogen (secondary N) is 1. The van der Waals surface area contributed by atoms with E-state index in [2.05, 4.69) is 45.0 Å². The van der Waals surface area contributed by atoms with E-state index in [1.807, 2.05) is 0 Å². The van der Waals surface area contributed by atoms with Gasteiger partial charge in [-0.1, -0.05) is 6.92 Å². The summed E-state index contributed by atoms with van der Waals surface area (Å²) in [5, 5.41) is 3.56. The van der Waals surface area contributed by atoms with E-state index in [1.165, 1.54) is 12.8 Å². The van der Waals surface area contributed by atoms with Gasteiger partial charge in [0.15, 0.2) is 0 Å². The van der Waals surface area contributed by atoms with Crippen LogP contribution in [0.15, 0.2) is 0 Å². The fourth-order valence-electron chi connectivity index (χ4n) is 2.56. The molecule has 0 radical (unpaired) electrons. The highest BCUT2D eigenvalue weighted by molar-refractivity contribution is 4.88. The Morgan fingerprint density at radius 2 is 2.00 bits per heavy atom. The first-order valence-electron chi connectivity index (χ1n) is 7.41. The zero-order valence-corrected chi connectivity index (χ0v) is 13.1. The molecule has 1 fully saturated rings. The highest BCUT2D eigenvalue weighted by Gasteiger charge is 2.32. The Morgan fingerprint density at radius 3 is 2.44 bits per heavy atom. The summed E-state index contributed by atoms with van der Waals surface area (Å²) in [6.07, 6.45) is 3.99. The standard InChI is InChI=1S/C15H32N2O/c1-7-16-14(15(3,4)18-6)10-11-17(5)12(2)13-8-9-13/h12-14,16H,7-11H2,1-6H3. The van der Waals surface area contributed by atoms with Gasteiger partial charge in [-0.05, 0) is 66.1 Å². The molecule has 0 aliphatic heterocycles. The third kappa shape index (κ3) is 4.52. The molecule has 2 unspecified atom stereocenters.